The largest absolute Gasteiger partial charge is 0.285 e. The first-order valence-electron chi connectivity index (χ1n) is 5.55. The standard InChI is InChI=1S/C16H6O4/c17-7-12-5-4-11(6-14(12)9-19)15-3-1-2-13(8-18)16(15)10-20/h1-6H. The lowest BCUT2D eigenvalue weighted by molar-refractivity contribution is 0.558. The molecule has 0 saturated carbocycles. The molecule has 20 heavy (non-hydrogen) atoms. The van der Waals surface area contributed by atoms with Crippen molar-refractivity contribution in [3.63, 3.8) is 0 Å². The number of benzene rings is 2. The van der Waals surface area contributed by atoms with Crippen LogP contribution in [0.2, 0.25) is 0 Å². The average molecular weight is 262 g/mol. The predicted octanol–water partition coefficient (Wildman–Crippen LogP) is 1.18. The smallest absolute Gasteiger partial charge is 0.234 e. The van der Waals surface area contributed by atoms with Crippen molar-refractivity contribution < 1.29 is 19.2 Å². The molecule has 4 radical (unpaired) electrons. The summed E-state index contributed by atoms with van der Waals surface area (Å²) in [5.74, 6) is 0. The van der Waals surface area contributed by atoms with Crippen molar-refractivity contribution in [2.75, 3.05) is 0 Å². The fourth-order valence-corrected chi connectivity index (χ4v) is 1.87. The summed E-state index contributed by atoms with van der Waals surface area (Å²) < 4.78 is 0. The maximum absolute atomic E-state index is 11.0. The third-order valence-electron chi connectivity index (χ3n) is 2.83. The molecule has 2 aromatic carbocycles. The molecule has 0 unspecified atom stereocenters. The van der Waals surface area contributed by atoms with Crippen molar-refractivity contribution in [1.82, 2.24) is 0 Å². The molecule has 0 aromatic heterocycles. The van der Waals surface area contributed by atoms with Gasteiger partial charge in [0.05, 0.1) is 0 Å². The van der Waals surface area contributed by atoms with Gasteiger partial charge >= 0.3 is 0 Å². The van der Waals surface area contributed by atoms with Gasteiger partial charge < -0.3 is 0 Å². The van der Waals surface area contributed by atoms with Gasteiger partial charge in [0.2, 0.25) is 25.1 Å². The van der Waals surface area contributed by atoms with Gasteiger partial charge in [0, 0.05) is 22.3 Å². The molecule has 0 aliphatic carbocycles. The fraction of sp³-hybridized carbons (Fsp3) is 0. The average Bonchev–Trinajstić information content (AvgIpc) is 2.53. The summed E-state index contributed by atoms with van der Waals surface area (Å²) in [5, 5.41) is 0. The van der Waals surface area contributed by atoms with Crippen LogP contribution in [-0.4, -0.2) is 25.1 Å². The topological polar surface area (TPSA) is 68.3 Å². The summed E-state index contributed by atoms with van der Waals surface area (Å²) in [4.78, 5) is 43.2. The van der Waals surface area contributed by atoms with Crippen LogP contribution in [0.1, 0.15) is 22.3 Å². The summed E-state index contributed by atoms with van der Waals surface area (Å²) >= 11 is 0. The summed E-state index contributed by atoms with van der Waals surface area (Å²) in [6.07, 6.45) is 6.61. The highest BCUT2D eigenvalue weighted by atomic mass is 16.1. The van der Waals surface area contributed by atoms with Crippen molar-refractivity contribution in [2.24, 2.45) is 0 Å². The Morgan fingerprint density at radius 2 is 1.35 bits per heavy atom. The van der Waals surface area contributed by atoms with Crippen LogP contribution >= 0.6 is 0 Å². The van der Waals surface area contributed by atoms with Gasteiger partial charge in [-0.05, 0) is 23.3 Å². The van der Waals surface area contributed by atoms with E-state index >= 15 is 0 Å². The van der Waals surface area contributed by atoms with E-state index in [-0.39, 0.29) is 22.3 Å². The molecule has 0 fully saturated rings. The first-order valence-corrected chi connectivity index (χ1v) is 5.55. The number of carbonyl (C=O) groups excluding carboxylic acids is 4. The zero-order valence-corrected chi connectivity index (χ0v) is 10.1. The molecule has 2 aromatic rings. The van der Waals surface area contributed by atoms with E-state index in [0.29, 0.717) is 11.1 Å². The first kappa shape index (κ1) is 13.5. The van der Waals surface area contributed by atoms with Gasteiger partial charge in [0.25, 0.3) is 0 Å². The Kier molecular flexibility index (Phi) is 3.96. The van der Waals surface area contributed by atoms with Crippen molar-refractivity contribution in [3.8, 4) is 11.1 Å². The van der Waals surface area contributed by atoms with Crippen LogP contribution in [-0.2, 0) is 19.2 Å². The summed E-state index contributed by atoms with van der Waals surface area (Å²) in [5.41, 5.74) is 1.18. The summed E-state index contributed by atoms with van der Waals surface area (Å²) in [6.45, 7) is 0. The Labute approximate surface area is 115 Å². The van der Waals surface area contributed by atoms with E-state index in [1.807, 2.05) is 0 Å². The van der Waals surface area contributed by atoms with E-state index in [2.05, 4.69) is 0 Å². The second-order valence-corrected chi connectivity index (χ2v) is 3.90. The molecule has 0 aliphatic rings. The highest BCUT2D eigenvalue weighted by Crippen LogP contribution is 2.26. The Morgan fingerprint density at radius 1 is 0.650 bits per heavy atom. The van der Waals surface area contributed by atoms with E-state index in [4.69, 9.17) is 0 Å². The van der Waals surface area contributed by atoms with Crippen molar-refractivity contribution in [1.29, 1.82) is 0 Å². The molecule has 4 heteroatoms. The third kappa shape index (κ3) is 2.31. The normalized spacial score (nSPS) is 9.80. The van der Waals surface area contributed by atoms with Crippen LogP contribution in [0, 0.1) is 0 Å². The molecule has 4 nitrogen and oxygen atoms in total. The number of hydrogen-bond donors (Lipinski definition) is 0. The van der Waals surface area contributed by atoms with E-state index in [1.165, 1.54) is 18.2 Å². The highest BCUT2D eigenvalue weighted by molar-refractivity contribution is 5.99. The summed E-state index contributed by atoms with van der Waals surface area (Å²) in [7, 11) is 0. The quantitative estimate of drug-likeness (QED) is 0.811. The first-order chi connectivity index (χ1) is 9.74. The fourth-order valence-electron chi connectivity index (χ4n) is 1.87. The van der Waals surface area contributed by atoms with Crippen LogP contribution in [0.4, 0.5) is 0 Å². The van der Waals surface area contributed by atoms with E-state index < -0.39 is 0 Å². The SMILES string of the molecule is O=[C]c1ccc(-c2cccc([C]=O)c2[C]=O)cc1[C]=O. The highest BCUT2D eigenvalue weighted by Gasteiger charge is 2.12. The van der Waals surface area contributed by atoms with Gasteiger partial charge in [0.1, 0.15) is 0 Å². The molecule has 0 saturated heterocycles. The Bertz CT molecular complexity index is 702. The van der Waals surface area contributed by atoms with Gasteiger partial charge in [-0.1, -0.05) is 24.3 Å². The second kappa shape index (κ2) is 5.84. The van der Waals surface area contributed by atoms with Crippen LogP contribution in [0.5, 0.6) is 0 Å². The minimum Gasteiger partial charge on any atom is -0.285 e. The third-order valence-corrected chi connectivity index (χ3v) is 2.83. The maximum atomic E-state index is 11.0. The molecule has 0 bridgehead atoms. The number of hydrogen-bond acceptors (Lipinski definition) is 4. The predicted molar refractivity (Wildman–Crippen MR) is 71.1 cm³/mol. The molecule has 0 atom stereocenters. The Morgan fingerprint density at radius 3 is 1.95 bits per heavy atom. The minimum absolute atomic E-state index is 0.0369. The molecule has 0 heterocycles. The molecular weight excluding hydrogens is 256 g/mol. The number of rotatable bonds is 5. The van der Waals surface area contributed by atoms with Crippen molar-refractivity contribution in [2.45, 2.75) is 0 Å². The zero-order valence-electron chi connectivity index (χ0n) is 10.1. The molecule has 0 amide bonds. The summed E-state index contributed by atoms with van der Waals surface area (Å²) in [6, 6.07) is 8.98. The van der Waals surface area contributed by atoms with Crippen molar-refractivity contribution in [3.05, 3.63) is 58.7 Å². The lowest BCUT2D eigenvalue weighted by Crippen LogP contribution is -1.97. The lowest BCUT2D eigenvalue weighted by Gasteiger charge is -2.07. The van der Waals surface area contributed by atoms with Crippen LogP contribution in [0.3, 0.4) is 0 Å². The maximum Gasteiger partial charge on any atom is 0.234 e. The van der Waals surface area contributed by atoms with Gasteiger partial charge in [-0.15, -0.1) is 0 Å². The molecule has 0 spiro atoms. The molecule has 0 N–H and O–H groups in total. The van der Waals surface area contributed by atoms with E-state index in [0.717, 1.165) is 0 Å². The molecule has 94 valence electrons. The second-order valence-electron chi connectivity index (χ2n) is 3.90. The lowest BCUT2D eigenvalue weighted by atomic mass is 9.94. The monoisotopic (exact) mass is 262 g/mol. The van der Waals surface area contributed by atoms with E-state index in [9.17, 15) is 19.2 Å². The Hall–Kier alpha value is -2.88. The van der Waals surface area contributed by atoms with Crippen LogP contribution in [0.15, 0.2) is 36.4 Å². The molecular formula is C16H6O4. The Balaban J connectivity index is 2.68. The molecule has 0 aliphatic heterocycles. The van der Waals surface area contributed by atoms with Crippen LogP contribution < -0.4 is 0 Å². The van der Waals surface area contributed by atoms with Crippen molar-refractivity contribution >= 4 is 25.1 Å². The van der Waals surface area contributed by atoms with Gasteiger partial charge in [-0.3, -0.25) is 19.2 Å². The molecule has 2 rings (SSSR count). The minimum atomic E-state index is 0.0369. The van der Waals surface area contributed by atoms with Gasteiger partial charge in [0.15, 0.2) is 0 Å². The zero-order chi connectivity index (χ0) is 14.5. The van der Waals surface area contributed by atoms with Gasteiger partial charge in [-0.2, -0.15) is 0 Å². The van der Waals surface area contributed by atoms with Gasteiger partial charge in [-0.25, -0.2) is 0 Å². The van der Waals surface area contributed by atoms with E-state index in [1.54, 1.807) is 43.3 Å². The van der Waals surface area contributed by atoms with Crippen LogP contribution in [0.25, 0.3) is 11.1 Å².